The highest BCUT2D eigenvalue weighted by Gasteiger charge is 2.31. The number of hydrogen-bond acceptors (Lipinski definition) is 5. The number of halogens is 4. The molecule has 0 atom stereocenters. The Labute approximate surface area is 173 Å². The first-order valence-electron chi connectivity index (χ1n) is 9.04. The summed E-state index contributed by atoms with van der Waals surface area (Å²) >= 11 is 1.43. The lowest BCUT2D eigenvalue weighted by molar-refractivity contribution is -0.137. The van der Waals surface area contributed by atoms with Crippen LogP contribution in [0.2, 0.25) is 0 Å². The Morgan fingerprint density at radius 1 is 1.17 bits per heavy atom. The van der Waals surface area contributed by atoms with E-state index in [4.69, 9.17) is 0 Å². The number of carbonyl (C=O) groups is 1. The molecule has 0 spiro atoms. The van der Waals surface area contributed by atoms with Crippen LogP contribution < -0.4 is 5.32 Å². The fourth-order valence-electron chi connectivity index (χ4n) is 3.37. The standard InChI is InChI=1S/C20H16F4N4OS/c21-14-3-12(5-25-7-14)9-28-2-1-16-17(11-30-18(16)10-28)19(29)27-15-4-13(6-26-8-15)20(22,23)24/h3-8,11H,1-2,9-10H2,(H,27,29). The van der Waals surface area contributed by atoms with E-state index < -0.39 is 17.6 Å². The van der Waals surface area contributed by atoms with Crippen LogP contribution in [-0.2, 0) is 25.7 Å². The van der Waals surface area contributed by atoms with Crippen molar-refractivity contribution in [3.8, 4) is 0 Å². The van der Waals surface area contributed by atoms with Crippen LogP contribution >= 0.6 is 11.3 Å². The van der Waals surface area contributed by atoms with Gasteiger partial charge in [0.1, 0.15) is 5.82 Å². The van der Waals surface area contributed by atoms with Gasteiger partial charge in [0, 0.05) is 42.3 Å². The Morgan fingerprint density at radius 2 is 1.97 bits per heavy atom. The number of aromatic nitrogens is 2. The average Bonchev–Trinajstić information content (AvgIpc) is 3.11. The van der Waals surface area contributed by atoms with Crippen molar-refractivity contribution in [2.24, 2.45) is 0 Å². The molecule has 0 bridgehead atoms. The van der Waals surface area contributed by atoms with E-state index in [1.807, 2.05) is 0 Å². The summed E-state index contributed by atoms with van der Waals surface area (Å²) in [6.45, 7) is 1.82. The molecule has 0 fully saturated rings. The van der Waals surface area contributed by atoms with Crippen LogP contribution in [0.5, 0.6) is 0 Å². The molecule has 0 radical (unpaired) electrons. The lowest BCUT2D eigenvalue weighted by Crippen LogP contribution is -2.30. The number of anilines is 1. The second-order valence-electron chi connectivity index (χ2n) is 6.94. The SMILES string of the molecule is O=C(Nc1cncc(C(F)(F)F)c1)c1csc2c1CCN(Cc1cncc(F)c1)C2. The second-order valence-corrected chi connectivity index (χ2v) is 7.90. The smallest absolute Gasteiger partial charge is 0.321 e. The van der Waals surface area contributed by atoms with Crippen LogP contribution in [0.4, 0.5) is 23.2 Å². The lowest BCUT2D eigenvalue weighted by Gasteiger charge is -2.27. The molecule has 0 saturated heterocycles. The van der Waals surface area contributed by atoms with Gasteiger partial charge in [0.2, 0.25) is 0 Å². The van der Waals surface area contributed by atoms with E-state index in [2.05, 4.69) is 20.2 Å². The Balaban J connectivity index is 1.45. The van der Waals surface area contributed by atoms with Gasteiger partial charge < -0.3 is 5.32 Å². The van der Waals surface area contributed by atoms with Crippen molar-refractivity contribution in [1.29, 1.82) is 0 Å². The first-order valence-corrected chi connectivity index (χ1v) is 9.92. The van der Waals surface area contributed by atoms with E-state index in [0.29, 0.717) is 37.8 Å². The molecule has 5 nitrogen and oxygen atoms in total. The van der Waals surface area contributed by atoms with Gasteiger partial charge in [-0.25, -0.2) is 4.39 Å². The summed E-state index contributed by atoms with van der Waals surface area (Å²) in [7, 11) is 0. The highest BCUT2D eigenvalue weighted by molar-refractivity contribution is 7.10. The van der Waals surface area contributed by atoms with Crippen molar-refractivity contribution in [1.82, 2.24) is 14.9 Å². The fraction of sp³-hybridized carbons (Fsp3) is 0.250. The second kappa shape index (κ2) is 8.11. The molecular weight excluding hydrogens is 420 g/mol. The van der Waals surface area contributed by atoms with E-state index in [-0.39, 0.29) is 11.5 Å². The first kappa shape index (κ1) is 20.4. The summed E-state index contributed by atoms with van der Waals surface area (Å²) < 4.78 is 51.8. The molecule has 30 heavy (non-hydrogen) atoms. The molecule has 3 aromatic rings. The highest BCUT2D eigenvalue weighted by atomic mass is 32.1. The zero-order chi connectivity index (χ0) is 21.3. The predicted molar refractivity (Wildman–Crippen MR) is 104 cm³/mol. The molecule has 1 aliphatic heterocycles. The van der Waals surface area contributed by atoms with E-state index in [1.165, 1.54) is 23.6 Å². The van der Waals surface area contributed by atoms with Crippen LogP contribution in [-0.4, -0.2) is 27.3 Å². The van der Waals surface area contributed by atoms with Crippen LogP contribution in [0.1, 0.15) is 31.9 Å². The number of carbonyl (C=O) groups excluding carboxylic acids is 1. The number of fused-ring (bicyclic) bond motifs is 1. The average molecular weight is 436 g/mol. The Bertz CT molecular complexity index is 1080. The van der Waals surface area contributed by atoms with Crippen molar-refractivity contribution in [2.45, 2.75) is 25.7 Å². The van der Waals surface area contributed by atoms with E-state index >= 15 is 0 Å². The molecule has 0 aromatic carbocycles. The molecule has 10 heteroatoms. The summed E-state index contributed by atoms with van der Waals surface area (Å²) in [5.41, 5.74) is 1.19. The van der Waals surface area contributed by atoms with Crippen molar-refractivity contribution >= 4 is 22.9 Å². The third-order valence-electron chi connectivity index (χ3n) is 4.76. The van der Waals surface area contributed by atoms with Crippen LogP contribution in [0, 0.1) is 5.82 Å². The molecule has 156 valence electrons. The normalized spacial score (nSPS) is 14.4. The first-order chi connectivity index (χ1) is 14.3. The minimum Gasteiger partial charge on any atom is -0.321 e. The molecule has 1 aliphatic rings. The Morgan fingerprint density at radius 3 is 2.73 bits per heavy atom. The zero-order valence-electron chi connectivity index (χ0n) is 15.5. The molecule has 4 heterocycles. The van der Waals surface area contributed by atoms with Crippen LogP contribution in [0.3, 0.4) is 0 Å². The maximum absolute atomic E-state index is 13.3. The number of rotatable bonds is 4. The zero-order valence-corrected chi connectivity index (χ0v) is 16.4. The molecule has 3 aromatic heterocycles. The number of pyridine rings is 2. The molecule has 0 aliphatic carbocycles. The summed E-state index contributed by atoms with van der Waals surface area (Å²) in [5.74, 6) is -0.847. The monoisotopic (exact) mass is 436 g/mol. The van der Waals surface area contributed by atoms with Crippen molar-refractivity contribution < 1.29 is 22.4 Å². The largest absolute Gasteiger partial charge is 0.417 e. The predicted octanol–water partition coefficient (Wildman–Crippen LogP) is 4.51. The third-order valence-corrected chi connectivity index (χ3v) is 5.78. The highest BCUT2D eigenvalue weighted by Crippen LogP contribution is 2.32. The summed E-state index contributed by atoms with van der Waals surface area (Å²) in [6.07, 6.45) is 0.753. The van der Waals surface area contributed by atoms with E-state index in [1.54, 1.807) is 11.6 Å². The molecule has 4 rings (SSSR count). The summed E-state index contributed by atoms with van der Waals surface area (Å²) in [5, 5.41) is 4.22. The number of amides is 1. The summed E-state index contributed by atoms with van der Waals surface area (Å²) in [6, 6.07) is 2.30. The summed E-state index contributed by atoms with van der Waals surface area (Å²) in [4.78, 5) is 23.2. The van der Waals surface area contributed by atoms with Crippen LogP contribution in [0.25, 0.3) is 0 Å². The minimum absolute atomic E-state index is 0.00850. The third kappa shape index (κ3) is 4.49. The topological polar surface area (TPSA) is 58.1 Å². The van der Waals surface area contributed by atoms with Gasteiger partial charge in [0.15, 0.2) is 0 Å². The van der Waals surface area contributed by atoms with E-state index in [0.717, 1.165) is 28.3 Å². The lowest BCUT2D eigenvalue weighted by atomic mass is 10.0. The maximum Gasteiger partial charge on any atom is 0.417 e. The molecule has 0 saturated carbocycles. The van der Waals surface area contributed by atoms with Gasteiger partial charge in [-0.2, -0.15) is 13.2 Å². The van der Waals surface area contributed by atoms with Gasteiger partial charge >= 0.3 is 6.18 Å². The number of nitrogens with one attached hydrogen (secondary N) is 1. The molecular formula is C20H16F4N4OS. The van der Waals surface area contributed by atoms with Crippen LogP contribution in [0.15, 0.2) is 42.3 Å². The van der Waals surface area contributed by atoms with Gasteiger partial charge in [-0.15, -0.1) is 11.3 Å². The molecule has 1 N–H and O–H groups in total. The van der Waals surface area contributed by atoms with E-state index in [9.17, 15) is 22.4 Å². The Hall–Kier alpha value is -2.85. The van der Waals surface area contributed by atoms with Gasteiger partial charge in [-0.05, 0) is 29.7 Å². The maximum atomic E-state index is 13.3. The number of thiophene rings is 1. The van der Waals surface area contributed by atoms with Crippen molar-refractivity contribution in [2.75, 3.05) is 11.9 Å². The molecule has 1 amide bonds. The minimum atomic E-state index is -4.53. The van der Waals surface area contributed by atoms with Crippen molar-refractivity contribution in [3.05, 3.63) is 75.2 Å². The Kier molecular flexibility index (Phi) is 5.52. The van der Waals surface area contributed by atoms with Crippen molar-refractivity contribution in [3.63, 3.8) is 0 Å². The quantitative estimate of drug-likeness (QED) is 0.612. The number of alkyl halides is 3. The molecule has 0 unspecified atom stereocenters. The number of nitrogens with zero attached hydrogens (tertiary/aromatic N) is 3. The number of hydrogen-bond donors (Lipinski definition) is 1. The van der Waals surface area contributed by atoms with Gasteiger partial charge in [0.25, 0.3) is 5.91 Å². The van der Waals surface area contributed by atoms with Gasteiger partial charge in [0.05, 0.1) is 29.2 Å². The van der Waals surface area contributed by atoms with Gasteiger partial charge in [-0.3, -0.25) is 19.7 Å². The fourth-order valence-corrected chi connectivity index (χ4v) is 4.49. The van der Waals surface area contributed by atoms with Gasteiger partial charge in [-0.1, -0.05) is 0 Å².